The highest BCUT2D eigenvalue weighted by Crippen LogP contribution is 2.49. The molecule has 0 heteroatoms. The predicted molar refractivity (Wildman–Crippen MR) is 98.1 cm³/mol. The molecule has 1 aliphatic rings. The molecular weight excluding hydrogens is 240 g/mol. The van der Waals surface area contributed by atoms with E-state index in [-0.39, 0.29) is 12.8 Å². The van der Waals surface area contributed by atoms with Crippen molar-refractivity contribution in [2.75, 3.05) is 0 Å². The fraction of sp³-hybridized carbons (Fsp3) is 0.500. The van der Waals surface area contributed by atoms with E-state index in [1.165, 1.54) is 16.7 Å². The lowest BCUT2D eigenvalue weighted by molar-refractivity contribution is 0.578. The zero-order valence-corrected chi connectivity index (χ0v) is 14.2. The van der Waals surface area contributed by atoms with Gasteiger partial charge < -0.3 is 0 Å². The molecule has 0 heterocycles. The first kappa shape index (κ1) is 23.8. The van der Waals surface area contributed by atoms with Gasteiger partial charge in [0.2, 0.25) is 0 Å². The van der Waals surface area contributed by atoms with Crippen molar-refractivity contribution in [2.45, 2.75) is 62.8 Å². The number of allylic oxidation sites excluding steroid dienone is 8. The average Bonchev–Trinajstić information content (AvgIpc) is 2.58. The summed E-state index contributed by atoms with van der Waals surface area (Å²) in [6, 6.07) is 0. The lowest BCUT2D eigenvalue weighted by atomic mass is 9.80. The van der Waals surface area contributed by atoms with Crippen LogP contribution in [0, 0.1) is 5.41 Å². The minimum Gasteiger partial charge on any atom is -0.0991 e. The second kappa shape index (κ2) is 11.5. The van der Waals surface area contributed by atoms with Gasteiger partial charge in [0.25, 0.3) is 0 Å². The molecule has 0 spiro atoms. The normalized spacial score (nSPS) is 18.0. The molecule has 1 aliphatic carbocycles. The van der Waals surface area contributed by atoms with E-state index < -0.39 is 0 Å². The molecule has 0 atom stereocenters. The molecule has 0 aromatic rings. The van der Waals surface area contributed by atoms with Crippen molar-refractivity contribution in [1.29, 1.82) is 0 Å². The van der Waals surface area contributed by atoms with Crippen LogP contribution in [0.15, 0.2) is 59.8 Å². The minimum atomic E-state index is 0. The molecule has 0 saturated heterocycles. The van der Waals surface area contributed by atoms with Gasteiger partial charge in [-0.1, -0.05) is 86.4 Å². The topological polar surface area (TPSA) is 0 Å². The summed E-state index contributed by atoms with van der Waals surface area (Å²) < 4.78 is 0. The SMILES string of the molecule is C.C=C/C=C1\C(=C)C(C)=C(/C=C\C)C1(C)C.CC.CC. The third-order valence-corrected chi connectivity index (χ3v) is 3.15. The highest BCUT2D eigenvalue weighted by Gasteiger charge is 2.35. The summed E-state index contributed by atoms with van der Waals surface area (Å²) in [4.78, 5) is 0. The Morgan fingerprint density at radius 1 is 1.05 bits per heavy atom. The molecule has 116 valence electrons. The van der Waals surface area contributed by atoms with Gasteiger partial charge in [-0.3, -0.25) is 0 Å². The van der Waals surface area contributed by atoms with E-state index in [0.717, 1.165) is 5.57 Å². The van der Waals surface area contributed by atoms with Crippen molar-refractivity contribution in [3.63, 3.8) is 0 Å². The molecule has 20 heavy (non-hydrogen) atoms. The van der Waals surface area contributed by atoms with Crippen molar-refractivity contribution in [1.82, 2.24) is 0 Å². The molecule has 0 bridgehead atoms. The van der Waals surface area contributed by atoms with Crippen molar-refractivity contribution in [3.05, 3.63) is 59.8 Å². The van der Waals surface area contributed by atoms with Gasteiger partial charge in [-0.15, -0.1) is 0 Å². The molecule has 0 fully saturated rings. The van der Waals surface area contributed by atoms with E-state index in [9.17, 15) is 0 Å². The lowest BCUT2D eigenvalue weighted by Crippen LogP contribution is -2.12. The maximum absolute atomic E-state index is 4.16. The van der Waals surface area contributed by atoms with Crippen LogP contribution in [0.25, 0.3) is 0 Å². The summed E-state index contributed by atoms with van der Waals surface area (Å²) in [5.74, 6) is 0. The summed E-state index contributed by atoms with van der Waals surface area (Å²) in [7, 11) is 0. The predicted octanol–water partition coefficient (Wildman–Crippen LogP) is 7.28. The van der Waals surface area contributed by atoms with Crippen molar-refractivity contribution in [3.8, 4) is 0 Å². The number of rotatable bonds is 2. The monoisotopic (exact) mass is 276 g/mol. The summed E-state index contributed by atoms with van der Waals surface area (Å²) in [6.45, 7) is 24.6. The van der Waals surface area contributed by atoms with Crippen LogP contribution >= 0.6 is 0 Å². The largest absolute Gasteiger partial charge is 0.0991 e. The molecule has 0 N–H and O–H groups in total. The molecule has 0 aromatic carbocycles. The Balaban J connectivity index is -0.000000529. The molecule has 0 amide bonds. The second-order valence-corrected chi connectivity index (χ2v) is 4.46. The van der Waals surface area contributed by atoms with Crippen LogP contribution in [0.1, 0.15) is 62.8 Å². The van der Waals surface area contributed by atoms with Crippen LogP contribution in [0.4, 0.5) is 0 Å². The standard InChI is InChI=1S/C15H20.2C2H6.CH4/c1-7-9-13-11(3)12(4)14(10-8-2)15(13,5)6;2*1-2;/h7-10H,1,3H2,2,4-6H3;2*1-2H3;1H4/b10-8-,13-9+;;;. The van der Waals surface area contributed by atoms with Crippen molar-refractivity contribution in [2.24, 2.45) is 5.41 Å². The van der Waals surface area contributed by atoms with Crippen molar-refractivity contribution < 1.29 is 0 Å². The highest BCUT2D eigenvalue weighted by atomic mass is 14.4. The Hall–Kier alpha value is -1.30. The number of hydrogen-bond donors (Lipinski definition) is 0. The first-order chi connectivity index (χ1) is 8.96. The fourth-order valence-corrected chi connectivity index (χ4v) is 2.28. The van der Waals surface area contributed by atoms with Crippen molar-refractivity contribution >= 4 is 0 Å². The maximum Gasteiger partial charge on any atom is 0.0155 e. The van der Waals surface area contributed by atoms with Crippen LogP contribution in [0.5, 0.6) is 0 Å². The fourth-order valence-electron chi connectivity index (χ4n) is 2.28. The Morgan fingerprint density at radius 3 is 1.85 bits per heavy atom. The van der Waals surface area contributed by atoms with Crippen LogP contribution in [-0.2, 0) is 0 Å². The zero-order chi connectivity index (χ0) is 15.6. The molecule has 0 radical (unpaired) electrons. The van der Waals surface area contributed by atoms with E-state index in [1.54, 1.807) is 0 Å². The van der Waals surface area contributed by atoms with Gasteiger partial charge in [0.05, 0.1) is 0 Å². The van der Waals surface area contributed by atoms with Crippen LogP contribution in [0.3, 0.4) is 0 Å². The van der Waals surface area contributed by atoms with Gasteiger partial charge in [-0.05, 0) is 36.1 Å². The van der Waals surface area contributed by atoms with Gasteiger partial charge in [0.1, 0.15) is 0 Å². The van der Waals surface area contributed by atoms with Gasteiger partial charge in [-0.2, -0.15) is 0 Å². The molecule has 0 nitrogen and oxygen atoms in total. The third kappa shape index (κ3) is 5.00. The second-order valence-electron chi connectivity index (χ2n) is 4.46. The maximum atomic E-state index is 4.16. The van der Waals surface area contributed by atoms with Gasteiger partial charge >= 0.3 is 0 Å². The molecule has 0 saturated carbocycles. The van der Waals surface area contributed by atoms with Gasteiger partial charge in [0.15, 0.2) is 0 Å². The summed E-state index contributed by atoms with van der Waals surface area (Å²) in [5, 5.41) is 0. The van der Waals surface area contributed by atoms with E-state index in [0.29, 0.717) is 0 Å². The van der Waals surface area contributed by atoms with Gasteiger partial charge in [-0.25, -0.2) is 0 Å². The van der Waals surface area contributed by atoms with E-state index in [2.05, 4.69) is 52.2 Å². The Labute approximate surface area is 128 Å². The smallest absolute Gasteiger partial charge is 0.0155 e. The molecule has 1 rings (SSSR count). The minimum absolute atomic E-state index is 0. The highest BCUT2D eigenvalue weighted by molar-refractivity contribution is 5.63. The first-order valence-electron chi connectivity index (χ1n) is 7.33. The summed E-state index contributed by atoms with van der Waals surface area (Å²) in [5.41, 5.74) is 5.15. The average molecular weight is 277 g/mol. The van der Waals surface area contributed by atoms with Crippen LogP contribution < -0.4 is 0 Å². The Kier molecular flexibility index (Phi) is 13.7. The molecule has 0 unspecified atom stereocenters. The third-order valence-electron chi connectivity index (χ3n) is 3.15. The molecule has 0 aliphatic heterocycles. The van der Waals surface area contributed by atoms with Crippen LogP contribution in [0.2, 0.25) is 0 Å². The lowest BCUT2D eigenvalue weighted by Gasteiger charge is -2.23. The van der Waals surface area contributed by atoms with Gasteiger partial charge in [0, 0.05) is 5.41 Å². The van der Waals surface area contributed by atoms with Crippen LogP contribution in [-0.4, -0.2) is 0 Å². The summed E-state index contributed by atoms with van der Waals surface area (Å²) in [6.07, 6.45) is 8.19. The summed E-state index contributed by atoms with van der Waals surface area (Å²) >= 11 is 0. The molecule has 0 aromatic heterocycles. The molecular formula is C20H36. The Morgan fingerprint density at radius 2 is 1.50 bits per heavy atom. The zero-order valence-electron chi connectivity index (χ0n) is 14.2. The van der Waals surface area contributed by atoms with E-state index in [4.69, 9.17) is 0 Å². The Bertz CT molecular complexity index is 384. The number of hydrogen-bond acceptors (Lipinski definition) is 0. The van der Waals surface area contributed by atoms with E-state index >= 15 is 0 Å². The van der Waals surface area contributed by atoms with E-state index in [1.807, 2.05) is 40.7 Å². The quantitative estimate of drug-likeness (QED) is 0.497. The first-order valence-corrected chi connectivity index (χ1v) is 7.33.